The number of aliphatic hydroxyl groups is 1. The Bertz CT molecular complexity index is 2520. The number of hydrogen-bond donors (Lipinski definition) is 2. The Morgan fingerprint density at radius 2 is 1.65 bits per heavy atom. The van der Waals surface area contributed by atoms with Crippen molar-refractivity contribution in [3.05, 3.63) is 129 Å². The lowest BCUT2D eigenvalue weighted by atomic mass is 9.57. The van der Waals surface area contributed by atoms with Gasteiger partial charge in [0, 0.05) is 30.0 Å². The molecule has 0 saturated heterocycles. The molecule has 0 spiro atoms. The fourth-order valence-electron chi connectivity index (χ4n) is 9.86. The highest BCUT2D eigenvalue weighted by Crippen LogP contribution is 2.59. The molecule has 1 aromatic heterocycles. The van der Waals surface area contributed by atoms with Crippen LogP contribution in [0.15, 0.2) is 83.4 Å². The Hall–Kier alpha value is -5.41. The number of carboxylic acids is 1. The molecule has 4 aromatic rings. The molecule has 5 atom stereocenters. The molecule has 1 unspecified atom stereocenters. The molecule has 3 aliphatic carbocycles. The smallest absolute Gasteiger partial charge is 0.321 e. The largest absolute Gasteiger partial charge is 0.507 e. The summed E-state index contributed by atoms with van der Waals surface area (Å²) < 4.78 is 43.9. The number of halogens is 1. The lowest BCUT2D eigenvalue weighted by molar-refractivity contribution is -0.143. The number of benzene rings is 3. The molecule has 66 heavy (non-hydrogen) atoms. The number of hydrogen-bond acceptors (Lipinski definition) is 11. The number of aliphatic carboxylic acids is 1. The third kappa shape index (κ3) is 8.57. The average Bonchev–Trinajstić information content (AvgIpc) is 3.70. The molecule has 14 heteroatoms. The van der Waals surface area contributed by atoms with E-state index in [4.69, 9.17) is 18.4 Å². The van der Waals surface area contributed by atoms with Gasteiger partial charge in [-0.25, -0.2) is 4.39 Å². The molecule has 12 nitrogen and oxygen atoms in total. The zero-order chi connectivity index (χ0) is 47.9. The minimum Gasteiger partial charge on any atom is -0.507 e. The number of nitrogens with zero attached hydrogens (tertiary/aromatic N) is 3. The molecule has 1 saturated carbocycles. The fraction of sp³-hybridized carbons (Fsp3) is 0.462. The van der Waals surface area contributed by atoms with Crippen LogP contribution in [-0.2, 0) is 40.1 Å². The average molecular weight is 922 g/mol. The Balaban J connectivity index is 1.45. The van der Waals surface area contributed by atoms with Crippen molar-refractivity contribution in [1.82, 2.24) is 15.0 Å². The number of carbonyl (C=O) groups excluding carboxylic acids is 2. The van der Waals surface area contributed by atoms with Crippen molar-refractivity contribution >= 4 is 31.6 Å². The summed E-state index contributed by atoms with van der Waals surface area (Å²) in [6, 6.07) is 17.0. The minimum absolute atomic E-state index is 0.0108. The maximum absolute atomic E-state index is 17.7. The van der Waals surface area contributed by atoms with Gasteiger partial charge in [-0.15, -0.1) is 6.58 Å². The van der Waals surface area contributed by atoms with Crippen LogP contribution in [0, 0.1) is 24.6 Å². The predicted molar refractivity (Wildman–Crippen MR) is 253 cm³/mol. The van der Waals surface area contributed by atoms with Gasteiger partial charge in [-0.3, -0.25) is 24.2 Å². The van der Waals surface area contributed by atoms with Crippen LogP contribution < -0.4 is 9.47 Å². The summed E-state index contributed by atoms with van der Waals surface area (Å²) in [6.07, 6.45) is 2.20. The zero-order valence-electron chi connectivity index (χ0n) is 39.7. The number of Topliss-reactive ketones (excluding diaryl/α,β-unsaturated/α-hetero) is 2. The number of fused-ring (bicyclic) bond motifs is 4. The van der Waals surface area contributed by atoms with Crippen molar-refractivity contribution in [3.8, 4) is 11.6 Å². The summed E-state index contributed by atoms with van der Waals surface area (Å²) in [6.45, 7) is 20.8. The first-order valence-corrected chi connectivity index (χ1v) is 25.9. The molecular formula is C52H64FN3O9Si. The monoisotopic (exact) mass is 921 g/mol. The van der Waals surface area contributed by atoms with E-state index in [-0.39, 0.29) is 84.2 Å². The van der Waals surface area contributed by atoms with Gasteiger partial charge in [-0.05, 0) is 97.8 Å². The van der Waals surface area contributed by atoms with E-state index < -0.39 is 72.0 Å². The maximum Gasteiger partial charge on any atom is 0.321 e. The highest BCUT2D eigenvalue weighted by atomic mass is 28.4. The molecule has 2 N–H and O–H groups in total. The van der Waals surface area contributed by atoms with Gasteiger partial charge in [-0.2, -0.15) is 0 Å². The standard InChI is InChI=1S/C52H64FN3O9Si/c1-11-24-56(25-12-2)38(50(60)61)28-35-31(4)45(62-29-32-20-16-14-17-21-32)40-36(42(35)53)26-34-27-37-43(55(8)13-3)46-41(49(54-64-46)63-30-33-22-18-15-19-23-33)48(59)52(37,47(58)39(34)44(40)57)65-66(9,10)51(5,6)7/h11,14-23,34,37-38,43,57H,1,12-13,24-30H2,2-10H3,(H,60,61)/t34-,37-,38?,43-,52-/m0/s1. The van der Waals surface area contributed by atoms with E-state index in [1.54, 1.807) is 17.9 Å². The highest BCUT2D eigenvalue weighted by molar-refractivity contribution is 6.74. The number of carbonyl (C=O) groups is 3. The third-order valence-electron chi connectivity index (χ3n) is 14.4. The highest BCUT2D eigenvalue weighted by Gasteiger charge is 2.69. The predicted octanol–water partition coefficient (Wildman–Crippen LogP) is 9.85. The van der Waals surface area contributed by atoms with Gasteiger partial charge in [0.2, 0.25) is 11.6 Å². The maximum atomic E-state index is 17.7. The number of rotatable bonds is 18. The SMILES string of the molecule is C=CCN(CCC)C(Cc1c(C)c(OCc2ccccc2)c2c(c1F)C[C@H]1C[C@H]3[C@H](N(C)CC)c4onc(OCc5ccccc5)c4C(=O)[C@@]3(O[Si](C)(C)C(C)(C)C)C(=O)C1=C2O)C(=O)O. The second-order valence-electron chi connectivity index (χ2n) is 19.5. The second-order valence-corrected chi connectivity index (χ2v) is 24.2. The van der Waals surface area contributed by atoms with Crippen molar-refractivity contribution < 1.29 is 47.4 Å². The summed E-state index contributed by atoms with van der Waals surface area (Å²) in [7, 11) is -1.15. The van der Waals surface area contributed by atoms with Gasteiger partial charge in [-0.1, -0.05) is 101 Å². The number of ketones is 2. The van der Waals surface area contributed by atoms with Crippen molar-refractivity contribution in [2.75, 3.05) is 26.7 Å². The molecular weight excluding hydrogens is 858 g/mol. The molecule has 0 amide bonds. The fourth-order valence-corrected chi connectivity index (χ4v) is 11.3. The topological polar surface area (TPSA) is 152 Å². The first-order valence-electron chi connectivity index (χ1n) is 23.0. The number of carboxylic acid groups (broad SMARTS) is 1. The lowest BCUT2D eigenvalue weighted by Crippen LogP contribution is -2.68. The summed E-state index contributed by atoms with van der Waals surface area (Å²) in [4.78, 5) is 48.6. The summed E-state index contributed by atoms with van der Waals surface area (Å²) >= 11 is 0. The quantitative estimate of drug-likeness (QED) is 0.0555. The third-order valence-corrected chi connectivity index (χ3v) is 18.8. The molecule has 7 rings (SSSR count). The summed E-state index contributed by atoms with van der Waals surface area (Å²) in [5.74, 6) is -4.91. The first-order chi connectivity index (χ1) is 31.3. The van der Waals surface area contributed by atoms with E-state index >= 15 is 14.0 Å². The summed E-state index contributed by atoms with van der Waals surface area (Å²) in [5, 5.41) is 27.2. The summed E-state index contributed by atoms with van der Waals surface area (Å²) in [5.41, 5.74) is 0.0452. The van der Waals surface area contributed by atoms with E-state index in [0.717, 1.165) is 11.1 Å². The van der Waals surface area contributed by atoms with E-state index in [1.807, 2.05) is 120 Å². The molecule has 3 aromatic carbocycles. The van der Waals surface area contributed by atoms with Gasteiger partial charge in [0.15, 0.2) is 19.7 Å². The van der Waals surface area contributed by atoms with Crippen molar-refractivity contribution in [2.24, 2.45) is 11.8 Å². The lowest BCUT2D eigenvalue weighted by Gasteiger charge is -2.55. The molecule has 0 bridgehead atoms. The molecule has 1 heterocycles. The van der Waals surface area contributed by atoms with E-state index in [0.29, 0.717) is 25.1 Å². The second kappa shape index (κ2) is 19.1. The normalized spacial score (nSPS) is 21.0. The first kappa shape index (κ1) is 48.5. The van der Waals surface area contributed by atoms with Crippen LogP contribution >= 0.6 is 0 Å². The van der Waals surface area contributed by atoms with Gasteiger partial charge in [0.1, 0.15) is 42.1 Å². The van der Waals surface area contributed by atoms with Crippen LogP contribution in [0.2, 0.25) is 18.1 Å². The Labute approximate surface area is 388 Å². The van der Waals surface area contributed by atoms with Gasteiger partial charge < -0.3 is 28.6 Å². The Kier molecular flexibility index (Phi) is 14.0. The molecule has 3 aliphatic rings. The number of ether oxygens (including phenoxy) is 2. The minimum atomic E-state index is -3.04. The van der Waals surface area contributed by atoms with Crippen molar-refractivity contribution in [2.45, 2.75) is 116 Å². The van der Waals surface area contributed by atoms with Crippen LogP contribution in [0.4, 0.5) is 4.39 Å². The molecule has 352 valence electrons. The number of aliphatic hydroxyl groups excluding tert-OH is 1. The zero-order valence-corrected chi connectivity index (χ0v) is 40.7. The van der Waals surface area contributed by atoms with Crippen molar-refractivity contribution in [3.63, 3.8) is 0 Å². The van der Waals surface area contributed by atoms with Crippen LogP contribution in [0.3, 0.4) is 0 Å². The number of aromatic nitrogens is 1. The van der Waals surface area contributed by atoms with Crippen LogP contribution in [-0.4, -0.2) is 89.3 Å². The van der Waals surface area contributed by atoms with E-state index in [9.17, 15) is 15.0 Å². The Morgan fingerprint density at radius 1 is 1.03 bits per heavy atom. The van der Waals surface area contributed by atoms with E-state index in [1.165, 1.54) is 0 Å². The van der Waals surface area contributed by atoms with Gasteiger partial charge in [0.05, 0.1) is 11.6 Å². The van der Waals surface area contributed by atoms with Crippen LogP contribution in [0.25, 0.3) is 5.76 Å². The van der Waals surface area contributed by atoms with Crippen LogP contribution in [0.1, 0.15) is 103 Å². The molecule has 0 aliphatic heterocycles. The van der Waals surface area contributed by atoms with Gasteiger partial charge >= 0.3 is 5.97 Å². The Morgan fingerprint density at radius 3 is 2.21 bits per heavy atom. The molecule has 1 fully saturated rings. The van der Waals surface area contributed by atoms with Crippen LogP contribution in [0.5, 0.6) is 11.6 Å². The van der Waals surface area contributed by atoms with Gasteiger partial charge in [0.25, 0.3) is 5.88 Å². The van der Waals surface area contributed by atoms with E-state index in [2.05, 4.69) is 11.7 Å². The molecule has 0 radical (unpaired) electrons. The van der Waals surface area contributed by atoms with Crippen molar-refractivity contribution in [1.29, 1.82) is 0 Å².